The largest absolute Gasteiger partial charge is 0.409 e. The molecule has 0 spiro atoms. The summed E-state index contributed by atoms with van der Waals surface area (Å²) in [6, 6.07) is 6.33. The van der Waals surface area contributed by atoms with Gasteiger partial charge in [0.15, 0.2) is 9.84 Å². The minimum atomic E-state index is -3.23. The van der Waals surface area contributed by atoms with Gasteiger partial charge in [0, 0.05) is 11.8 Å². The first-order valence-corrected chi connectivity index (χ1v) is 6.63. The maximum absolute atomic E-state index is 11.3. The Morgan fingerprint density at radius 2 is 2.19 bits per heavy atom. The van der Waals surface area contributed by atoms with Crippen molar-refractivity contribution < 1.29 is 12.8 Å². The number of rotatable bonds is 2. The highest BCUT2D eigenvalue weighted by atomic mass is 32.2. The molecule has 0 atom stereocenters. The molecule has 1 heterocycles. The highest BCUT2D eigenvalue weighted by Gasteiger charge is 2.10. The lowest BCUT2D eigenvalue weighted by molar-refractivity contribution is 0.552. The Hall–Kier alpha value is -1.47. The summed E-state index contributed by atoms with van der Waals surface area (Å²) in [7, 11) is -3.23. The third kappa shape index (κ3) is 2.20. The monoisotopic (exact) mass is 256 g/mol. The van der Waals surface area contributed by atoms with Gasteiger partial charge in [0.2, 0.25) is 5.89 Å². The Bertz CT molecular complexity index is 670. The Morgan fingerprint density at radius 1 is 1.44 bits per heavy atom. The summed E-state index contributed by atoms with van der Waals surface area (Å²) >= 11 is 4.74. The van der Waals surface area contributed by atoms with Crippen molar-refractivity contribution in [1.29, 1.82) is 0 Å². The van der Waals surface area contributed by atoms with E-state index in [1.54, 1.807) is 12.1 Å². The van der Waals surface area contributed by atoms with Gasteiger partial charge in [-0.05, 0) is 30.4 Å². The van der Waals surface area contributed by atoms with Crippen molar-refractivity contribution in [3.63, 3.8) is 0 Å². The summed E-state index contributed by atoms with van der Waals surface area (Å²) in [6.07, 6.45) is 1.15. The number of nitrogens with one attached hydrogen (secondary N) is 1. The molecule has 0 aliphatic carbocycles. The molecule has 84 valence electrons. The van der Waals surface area contributed by atoms with Gasteiger partial charge in [-0.15, -0.1) is 5.10 Å². The standard InChI is InChI=1S/C9H8N2O3S2/c1-16(12,13)7-4-2-3-6(5-7)8-10-11-9(15)14-8/h2-5H,1H3,(H,11,15). The third-order valence-corrected chi connectivity index (χ3v) is 3.23. The van der Waals surface area contributed by atoms with Gasteiger partial charge < -0.3 is 4.42 Å². The van der Waals surface area contributed by atoms with E-state index in [1.807, 2.05) is 0 Å². The van der Waals surface area contributed by atoms with Crippen LogP contribution in [-0.4, -0.2) is 24.9 Å². The Balaban J connectivity index is 2.56. The van der Waals surface area contributed by atoms with E-state index in [0.717, 1.165) is 6.26 Å². The number of sulfone groups is 1. The molecule has 5 nitrogen and oxygen atoms in total. The summed E-state index contributed by atoms with van der Waals surface area (Å²) in [5, 5.41) is 6.29. The summed E-state index contributed by atoms with van der Waals surface area (Å²) < 4.78 is 27.8. The number of benzene rings is 1. The first-order valence-electron chi connectivity index (χ1n) is 4.33. The zero-order valence-corrected chi connectivity index (χ0v) is 9.93. The molecule has 0 unspecified atom stereocenters. The number of nitrogens with zero attached hydrogens (tertiary/aromatic N) is 1. The van der Waals surface area contributed by atoms with Crippen molar-refractivity contribution in [2.75, 3.05) is 6.26 Å². The van der Waals surface area contributed by atoms with Crippen LogP contribution >= 0.6 is 12.2 Å². The van der Waals surface area contributed by atoms with Crippen LogP contribution in [0.3, 0.4) is 0 Å². The molecule has 7 heteroatoms. The second-order valence-corrected chi connectivity index (χ2v) is 5.60. The van der Waals surface area contributed by atoms with Crippen LogP contribution in [0.15, 0.2) is 33.6 Å². The van der Waals surface area contributed by atoms with Crippen LogP contribution < -0.4 is 0 Å². The molecule has 2 rings (SSSR count). The molecule has 0 fully saturated rings. The molecular formula is C9H8N2O3S2. The van der Waals surface area contributed by atoms with Crippen molar-refractivity contribution in [1.82, 2.24) is 10.2 Å². The van der Waals surface area contributed by atoms with Crippen LogP contribution in [0.25, 0.3) is 11.5 Å². The second kappa shape index (κ2) is 3.84. The van der Waals surface area contributed by atoms with Crippen LogP contribution in [0.2, 0.25) is 0 Å². The van der Waals surface area contributed by atoms with Crippen LogP contribution in [0, 0.1) is 4.84 Å². The lowest BCUT2D eigenvalue weighted by Crippen LogP contribution is -1.96. The van der Waals surface area contributed by atoms with Gasteiger partial charge in [-0.25, -0.2) is 13.5 Å². The number of aromatic amines is 1. The third-order valence-electron chi connectivity index (χ3n) is 1.95. The summed E-state index contributed by atoms with van der Waals surface area (Å²) in [5.74, 6) is 0.274. The van der Waals surface area contributed by atoms with E-state index in [2.05, 4.69) is 10.2 Å². The van der Waals surface area contributed by atoms with Crippen LogP contribution in [0.1, 0.15) is 0 Å². The summed E-state index contributed by atoms with van der Waals surface area (Å²) in [6.45, 7) is 0. The molecule has 1 N–H and O–H groups in total. The molecule has 0 saturated carbocycles. The summed E-state index contributed by atoms with van der Waals surface area (Å²) in [4.78, 5) is 0.369. The predicted octanol–water partition coefficient (Wildman–Crippen LogP) is 1.80. The Kier molecular flexibility index (Phi) is 2.64. The molecule has 0 saturated heterocycles. The van der Waals surface area contributed by atoms with Crippen molar-refractivity contribution in [3.8, 4) is 11.5 Å². The van der Waals surface area contributed by atoms with Crippen LogP contribution in [-0.2, 0) is 9.84 Å². The summed E-state index contributed by atoms with van der Waals surface area (Å²) in [5.41, 5.74) is 0.565. The smallest absolute Gasteiger partial charge is 0.284 e. The van der Waals surface area contributed by atoms with Crippen molar-refractivity contribution >= 4 is 22.1 Å². The lowest BCUT2D eigenvalue weighted by atomic mass is 10.2. The van der Waals surface area contributed by atoms with E-state index in [9.17, 15) is 8.42 Å². The maximum Gasteiger partial charge on any atom is 0.284 e. The van der Waals surface area contributed by atoms with E-state index in [-0.39, 0.29) is 15.6 Å². The molecule has 0 aliphatic heterocycles. The number of hydrogen-bond donors (Lipinski definition) is 1. The maximum atomic E-state index is 11.3. The zero-order valence-electron chi connectivity index (χ0n) is 8.30. The number of hydrogen-bond acceptors (Lipinski definition) is 5. The zero-order chi connectivity index (χ0) is 11.8. The first-order chi connectivity index (χ1) is 7.47. The van der Waals surface area contributed by atoms with Gasteiger partial charge in [0.25, 0.3) is 4.84 Å². The van der Waals surface area contributed by atoms with Gasteiger partial charge in [-0.3, -0.25) is 0 Å². The molecular weight excluding hydrogens is 248 g/mol. The predicted molar refractivity (Wildman–Crippen MR) is 60.2 cm³/mol. The number of aromatic nitrogens is 2. The average molecular weight is 256 g/mol. The average Bonchev–Trinajstić information content (AvgIpc) is 2.64. The van der Waals surface area contributed by atoms with Gasteiger partial charge in [-0.1, -0.05) is 6.07 Å². The highest BCUT2D eigenvalue weighted by molar-refractivity contribution is 7.90. The van der Waals surface area contributed by atoms with Gasteiger partial charge in [0.1, 0.15) is 0 Å². The first kappa shape index (κ1) is 11.0. The molecule has 16 heavy (non-hydrogen) atoms. The SMILES string of the molecule is CS(=O)(=O)c1cccc(-c2n[nH]c(=S)o2)c1. The quantitative estimate of drug-likeness (QED) is 0.829. The van der Waals surface area contributed by atoms with Gasteiger partial charge in [0.05, 0.1) is 4.90 Å². The molecule has 0 radical (unpaired) electrons. The minimum absolute atomic E-state index is 0.153. The minimum Gasteiger partial charge on any atom is -0.409 e. The fourth-order valence-corrected chi connectivity index (χ4v) is 2.00. The van der Waals surface area contributed by atoms with Crippen molar-refractivity contribution in [2.24, 2.45) is 0 Å². The number of H-pyrrole nitrogens is 1. The van der Waals surface area contributed by atoms with Gasteiger partial charge >= 0.3 is 0 Å². The molecule has 2 aromatic rings. The molecule has 1 aromatic carbocycles. The topological polar surface area (TPSA) is 76.0 Å². The fraction of sp³-hybridized carbons (Fsp3) is 0.111. The Labute approximate surface area is 97.0 Å². The molecule has 1 aromatic heterocycles. The van der Waals surface area contributed by atoms with E-state index >= 15 is 0 Å². The Morgan fingerprint density at radius 3 is 2.75 bits per heavy atom. The van der Waals surface area contributed by atoms with E-state index in [4.69, 9.17) is 16.6 Å². The normalized spacial score (nSPS) is 11.6. The van der Waals surface area contributed by atoms with Crippen LogP contribution in [0.4, 0.5) is 0 Å². The molecule has 0 amide bonds. The van der Waals surface area contributed by atoms with Crippen molar-refractivity contribution in [3.05, 3.63) is 29.1 Å². The lowest BCUT2D eigenvalue weighted by Gasteiger charge is -1.99. The fourth-order valence-electron chi connectivity index (χ4n) is 1.21. The molecule has 0 aliphatic rings. The highest BCUT2D eigenvalue weighted by Crippen LogP contribution is 2.20. The molecule has 0 bridgehead atoms. The second-order valence-electron chi connectivity index (χ2n) is 3.22. The van der Waals surface area contributed by atoms with Crippen molar-refractivity contribution in [2.45, 2.75) is 4.90 Å². The van der Waals surface area contributed by atoms with E-state index < -0.39 is 9.84 Å². The van der Waals surface area contributed by atoms with E-state index in [1.165, 1.54) is 12.1 Å². The van der Waals surface area contributed by atoms with Crippen LogP contribution in [0.5, 0.6) is 0 Å². The van der Waals surface area contributed by atoms with Gasteiger partial charge in [-0.2, -0.15) is 0 Å². The van der Waals surface area contributed by atoms with E-state index in [0.29, 0.717) is 5.56 Å².